The highest BCUT2D eigenvalue weighted by Crippen LogP contribution is 2.22. The minimum Gasteiger partial charge on any atom is -0.356 e. The van der Waals surface area contributed by atoms with Crippen molar-refractivity contribution in [1.82, 2.24) is 15.6 Å². The third-order valence-electron chi connectivity index (χ3n) is 3.87. The van der Waals surface area contributed by atoms with Crippen molar-refractivity contribution < 1.29 is 4.39 Å². The summed E-state index contributed by atoms with van der Waals surface area (Å²) in [6, 6.07) is 6.75. The normalized spacial score (nSPS) is 11.8. The lowest BCUT2D eigenvalue weighted by atomic mass is 9.84. The molecule has 0 unspecified atom stereocenters. The summed E-state index contributed by atoms with van der Waals surface area (Å²) in [7, 11) is 1.75. The second kappa shape index (κ2) is 10.1. The maximum absolute atomic E-state index is 13.4. The van der Waals surface area contributed by atoms with Gasteiger partial charge in [0.15, 0.2) is 5.96 Å². The summed E-state index contributed by atoms with van der Waals surface area (Å²) in [4.78, 5) is 8.69. The number of aryl methyl sites for hydroxylation is 1. The highest BCUT2D eigenvalue weighted by Gasteiger charge is 2.21. The fraction of sp³-hybridized carbons (Fsp3) is 0.444. The molecule has 0 atom stereocenters. The molecule has 0 spiro atoms. The van der Waals surface area contributed by atoms with E-state index in [0.29, 0.717) is 6.54 Å². The molecule has 0 fully saturated rings. The average Bonchev–Trinajstić information content (AvgIpc) is 2.96. The van der Waals surface area contributed by atoms with Gasteiger partial charge >= 0.3 is 0 Å². The molecule has 4 nitrogen and oxygen atoms in total. The zero-order chi connectivity index (χ0) is 17.6. The van der Waals surface area contributed by atoms with Crippen molar-refractivity contribution in [3.8, 4) is 0 Å². The number of benzene rings is 1. The van der Waals surface area contributed by atoms with Crippen molar-refractivity contribution in [2.24, 2.45) is 4.99 Å². The molecule has 2 N–H and O–H groups in total. The Balaban J connectivity index is 0.00000312. The molecule has 138 valence electrons. The minimum atomic E-state index is -0.207. The molecule has 1 aromatic carbocycles. The highest BCUT2D eigenvalue weighted by atomic mass is 127. The lowest BCUT2D eigenvalue weighted by molar-refractivity contribution is 0.503. The lowest BCUT2D eigenvalue weighted by Gasteiger charge is -2.26. The van der Waals surface area contributed by atoms with Crippen LogP contribution in [-0.4, -0.2) is 31.1 Å². The summed E-state index contributed by atoms with van der Waals surface area (Å²) >= 11 is 1.67. The van der Waals surface area contributed by atoms with E-state index in [2.05, 4.69) is 39.8 Å². The second-order valence-corrected chi connectivity index (χ2v) is 7.42. The van der Waals surface area contributed by atoms with Crippen molar-refractivity contribution >= 4 is 41.3 Å². The van der Waals surface area contributed by atoms with Gasteiger partial charge in [0, 0.05) is 37.4 Å². The molecule has 2 aromatic rings. The molecule has 0 aliphatic carbocycles. The molecule has 7 heteroatoms. The Labute approximate surface area is 170 Å². The first-order chi connectivity index (χ1) is 11.4. The molecule has 0 aliphatic rings. The van der Waals surface area contributed by atoms with Crippen LogP contribution in [0.2, 0.25) is 0 Å². The SMILES string of the molecule is CN=C(NCCc1csc(C)n1)NCC(C)(C)c1cccc(F)c1.I. The number of nitrogens with zero attached hydrogens (tertiary/aromatic N) is 2. The predicted octanol–water partition coefficient (Wildman–Crippen LogP) is 3.89. The first-order valence-corrected chi connectivity index (χ1v) is 8.90. The van der Waals surface area contributed by atoms with Gasteiger partial charge in [0.25, 0.3) is 0 Å². The number of thiazole rings is 1. The van der Waals surface area contributed by atoms with Crippen LogP contribution in [0.15, 0.2) is 34.6 Å². The summed E-state index contributed by atoms with van der Waals surface area (Å²) in [6.07, 6.45) is 0.859. The van der Waals surface area contributed by atoms with Gasteiger partial charge in [0.1, 0.15) is 5.82 Å². The Hall–Kier alpha value is -1.22. The molecule has 0 radical (unpaired) electrons. The van der Waals surface area contributed by atoms with E-state index in [9.17, 15) is 4.39 Å². The van der Waals surface area contributed by atoms with E-state index in [1.807, 2.05) is 13.0 Å². The number of halogens is 2. The Morgan fingerprint density at radius 1 is 1.32 bits per heavy atom. The highest BCUT2D eigenvalue weighted by molar-refractivity contribution is 14.0. The molecule has 1 heterocycles. The molecule has 0 aliphatic heterocycles. The van der Waals surface area contributed by atoms with Gasteiger partial charge in [-0.2, -0.15) is 0 Å². The van der Waals surface area contributed by atoms with Gasteiger partial charge in [0.05, 0.1) is 10.7 Å². The standard InChI is InChI=1S/C18H25FN4S.HI/c1-13-23-16(11-24-13)8-9-21-17(20-4)22-12-18(2,3)14-6-5-7-15(19)10-14;/h5-7,10-11H,8-9,12H2,1-4H3,(H2,20,21,22);1H. The van der Waals surface area contributed by atoms with E-state index in [0.717, 1.165) is 35.2 Å². The van der Waals surface area contributed by atoms with Crippen molar-refractivity contribution in [2.75, 3.05) is 20.1 Å². The van der Waals surface area contributed by atoms with E-state index in [1.165, 1.54) is 6.07 Å². The quantitative estimate of drug-likeness (QED) is 0.378. The van der Waals surface area contributed by atoms with Crippen molar-refractivity contribution in [3.63, 3.8) is 0 Å². The van der Waals surface area contributed by atoms with Gasteiger partial charge in [-0.3, -0.25) is 4.99 Å². The molecule has 0 saturated carbocycles. The number of rotatable bonds is 6. The maximum atomic E-state index is 13.4. The van der Waals surface area contributed by atoms with Gasteiger partial charge in [-0.1, -0.05) is 26.0 Å². The molecule has 1 aromatic heterocycles. The summed E-state index contributed by atoms with van der Waals surface area (Å²) in [5, 5.41) is 9.78. The number of guanidine groups is 1. The van der Waals surface area contributed by atoms with Crippen LogP contribution < -0.4 is 10.6 Å². The second-order valence-electron chi connectivity index (χ2n) is 6.35. The number of aliphatic imine (C=N–C) groups is 1. The monoisotopic (exact) mass is 476 g/mol. The largest absolute Gasteiger partial charge is 0.356 e. The smallest absolute Gasteiger partial charge is 0.191 e. The van der Waals surface area contributed by atoms with E-state index in [1.54, 1.807) is 30.5 Å². The first-order valence-electron chi connectivity index (χ1n) is 8.02. The van der Waals surface area contributed by atoms with Crippen LogP contribution in [-0.2, 0) is 11.8 Å². The van der Waals surface area contributed by atoms with Crippen LogP contribution >= 0.6 is 35.3 Å². The minimum absolute atomic E-state index is 0. The molecule has 0 saturated heterocycles. The van der Waals surface area contributed by atoms with Crippen LogP contribution in [0.5, 0.6) is 0 Å². The fourth-order valence-corrected chi connectivity index (χ4v) is 3.02. The maximum Gasteiger partial charge on any atom is 0.191 e. The van der Waals surface area contributed by atoms with Crippen LogP contribution in [0, 0.1) is 12.7 Å². The molecular weight excluding hydrogens is 450 g/mol. The van der Waals surface area contributed by atoms with Gasteiger partial charge < -0.3 is 10.6 Å². The Morgan fingerprint density at radius 2 is 2.08 bits per heavy atom. The van der Waals surface area contributed by atoms with E-state index >= 15 is 0 Å². The topological polar surface area (TPSA) is 49.3 Å². The zero-order valence-corrected chi connectivity index (χ0v) is 18.2. The summed E-state index contributed by atoms with van der Waals surface area (Å²) in [6.45, 7) is 7.60. The van der Waals surface area contributed by atoms with E-state index in [-0.39, 0.29) is 35.2 Å². The third-order valence-corrected chi connectivity index (χ3v) is 4.69. The van der Waals surface area contributed by atoms with Crippen molar-refractivity contribution in [3.05, 3.63) is 51.7 Å². The lowest BCUT2D eigenvalue weighted by Crippen LogP contribution is -2.44. The molecule has 25 heavy (non-hydrogen) atoms. The third kappa shape index (κ3) is 6.89. The summed E-state index contributed by atoms with van der Waals surface area (Å²) < 4.78 is 13.4. The van der Waals surface area contributed by atoms with Crippen LogP contribution in [0.4, 0.5) is 4.39 Å². The predicted molar refractivity (Wildman–Crippen MR) is 115 cm³/mol. The molecular formula is C18H26FIN4S. The van der Waals surface area contributed by atoms with Gasteiger partial charge in [-0.05, 0) is 24.6 Å². The van der Waals surface area contributed by atoms with Crippen LogP contribution in [0.1, 0.15) is 30.1 Å². The average molecular weight is 476 g/mol. The first kappa shape index (κ1) is 21.8. The zero-order valence-electron chi connectivity index (χ0n) is 15.1. The summed E-state index contributed by atoms with van der Waals surface area (Å²) in [5.74, 6) is 0.535. The number of hydrogen-bond acceptors (Lipinski definition) is 3. The van der Waals surface area contributed by atoms with Crippen LogP contribution in [0.25, 0.3) is 0 Å². The van der Waals surface area contributed by atoms with Crippen LogP contribution in [0.3, 0.4) is 0 Å². The number of nitrogens with one attached hydrogen (secondary N) is 2. The van der Waals surface area contributed by atoms with E-state index in [4.69, 9.17) is 0 Å². The van der Waals surface area contributed by atoms with Gasteiger partial charge in [0.2, 0.25) is 0 Å². The van der Waals surface area contributed by atoms with Gasteiger partial charge in [-0.15, -0.1) is 35.3 Å². The van der Waals surface area contributed by atoms with E-state index < -0.39 is 0 Å². The fourth-order valence-electron chi connectivity index (χ4n) is 2.37. The Kier molecular flexibility index (Phi) is 8.78. The molecule has 0 bridgehead atoms. The molecule has 2 rings (SSSR count). The number of aromatic nitrogens is 1. The molecule has 0 amide bonds. The van der Waals surface area contributed by atoms with Gasteiger partial charge in [-0.25, -0.2) is 9.37 Å². The van der Waals surface area contributed by atoms with Crippen molar-refractivity contribution in [1.29, 1.82) is 0 Å². The summed E-state index contributed by atoms with van der Waals surface area (Å²) in [5.41, 5.74) is 1.86. The van der Waals surface area contributed by atoms with Crippen molar-refractivity contribution in [2.45, 2.75) is 32.6 Å². The number of hydrogen-bond donors (Lipinski definition) is 2. The Bertz CT molecular complexity index is 700. The Morgan fingerprint density at radius 3 is 2.68 bits per heavy atom.